The molecule has 0 aliphatic carbocycles. The summed E-state index contributed by atoms with van der Waals surface area (Å²) < 4.78 is 4.79. The van der Waals surface area contributed by atoms with Gasteiger partial charge in [-0.2, -0.15) is 0 Å². The lowest BCUT2D eigenvalue weighted by molar-refractivity contribution is -0.262. The van der Waals surface area contributed by atoms with Gasteiger partial charge < -0.3 is 0 Å². The summed E-state index contributed by atoms with van der Waals surface area (Å²) >= 11 is 0. The molecule has 0 aromatic carbocycles. The monoisotopic (exact) mass is 144 g/mol. The molecule has 0 aliphatic heterocycles. The first-order valence-corrected chi connectivity index (χ1v) is 4.90. The molecule has 0 saturated carbocycles. The number of terminal acetylenes is 1. The van der Waals surface area contributed by atoms with Crippen LogP contribution in [-0.4, -0.2) is 15.4 Å². The van der Waals surface area contributed by atoms with Gasteiger partial charge in [0.2, 0.25) is 9.76 Å². The quantitative estimate of drug-likeness (QED) is 0.248. The minimum absolute atomic E-state index is 0.493. The maximum Gasteiger partial charge on any atom is 0.205 e. The van der Waals surface area contributed by atoms with Gasteiger partial charge in [-0.25, -0.2) is 4.89 Å². The normalized spacial score (nSPS) is 12.2. The van der Waals surface area contributed by atoms with E-state index in [4.69, 9.17) is 15.9 Å². The van der Waals surface area contributed by atoms with Crippen molar-refractivity contribution < 1.29 is 9.46 Å². The van der Waals surface area contributed by atoms with Crippen LogP contribution in [0.5, 0.6) is 0 Å². The molecule has 0 unspecified atom stereocenters. The van der Waals surface area contributed by atoms with Crippen molar-refractivity contribution in [3.05, 3.63) is 0 Å². The molecule has 0 aliphatic rings. The molecule has 9 heavy (non-hydrogen) atoms. The van der Waals surface area contributed by atoms with Crippen molar-refractivity contribution in [2.45, 2.75) is 26.0 Å². The Labute approximate surface area is 58.4 Å². The molecule has 0 amide bonds. The second kappa shape index (κ2) is 3.67. The zero-order valence-corrected chi connectivity index (χ0v) is 7.52. The Morgan fingerprint density at radius 2 is 2.11 bits per heavy atom. The minimum Gasteiger partial charge on any atom is -0.293 e. The van der Waals surface area contributed by atoms with Gasteiger partial charge in [0.05, 0.1) is 0 Å². The van der Waals surface area contributed by atoms with Gasteiger partial charge in [-0.1, -0.05) is 5.92 Å². The molecule has 0 rings (SSSR count). The van der Waals surface area contributed by atoms with E-state index >= 15 is 0 Å². The average Bonchev–Trinajstić information content (AvgIpc) is 1.84. The Hall–Kier alpha value is -0.303. The first-order valence-electron chi connectivity index (χ1n) is 2.91. The van der Waals surface area contributed by atoms with Crippen molar-refractivity contribution in [1.82, 2.24) is 0 Å². The van der Waals surface area contributed by atoms with Crippen LogP contribution in [0, 0.1) is 12.3 Å². The van der Waals surface area contributed by atoms with Crippen LogP contribution in [0.2, 0.25) is 6.55 Å². The highest BCUT2D eigenvalue weighted by atomic mass is 28.2. The third kappa shape index (κ3) is 4.22. The highest BCUT2D eigenvalue weighted by Gasteiger charge is 2.14. The topological polar surface area (TPSA) is 18.5 Å². The maximum absolute atomic E-state index is 5.11. The molecule has 52 valence electrons. The molecule has 3 heteroatoms. The predicted octanol–water partition coefficient (Wildman–Crippen LogP) is 0.478. The first kappa shape index (κ1) is 8.70. The van der Waals surface area contributed by atoms with E-state index in [1.165, 1.54) is 0 Å². The van der Waals surface area contributed by atoms with Crippen molar-refractivity contribution in [1.29, 1.82) is 0 Å². The van der Waals surface area contributed by atoms with Gasteiger partial charge in [0.25, 0.3) is 0 Å². The van der Waals surface area contributed by atoms with Gasteiger partial charge in [0, 0.05) is 0 Å². The van der Waals surface area contributed by atoms with Gasteiger partial charge in [0.1, 0.15) is 0 Å². The molecule has 0 atom stereocenters. The number of hydrogen-bond donors (Lipinski definition) is 0. The molecule has 0 saturated heterocycles. The summed E-state index contributed by atoms with van der Waals surface area (Å²) in [5, 5.41) is 0. The maximum atomic E-state index is 5.11. The SMILES string of the molecule is C#CC(C)(C)OO[SiH2]C. The highest BCUT2D eigenvalue weighted by Crippen LogP contribution is 2.05. The molecule has 0 spiro atoms. The zero-order chi connectivity index (χ0) is 7.33. The summed E-state index contributed by atoms with van der Waals surface area (Å²) in [6.07, 6.45) is 5.11. The second-order valence-electron chi connectivity index (χ2n) is 2.14. The molecule has 0 bridgehead atoms. The number of hydrogen-bond acceptors (Lipinski definition) is 2. The fraction of sp³-hybridized carbons (Fsp3) is 0.667. The summed E-state index contributed by atoms with van der Waals surface area (Å²) in [5.74, 6) is 2.45. The van der Waals surface area contributed by atoms with Crippen LogP contribution >= 0.6 is 0 Å². The summed E-state index contributed by atoms with van der Waals surface area (Å²) in [4.78, 5) is 4.85. The molecule has 0 fully saturated rings. The van der Waals surface area contributed by atoms with Gasteiger partial charge in [-0.15, -0.1) is 6.42 Å². The molecular formula is C6H12O2Si. The average molecular weight is 144 g/mol. The summed E-state index contributed by atoms with van der Waals surface area (Å²) in [6.45, 7) is 5.56. The van der Waals surface area contributed by atoms with E-state index in [2.05, 4.69) is 5.92 Å². The summed E-state index contributed by atoms with van der Waals surface area (Å²) in [5.41, 5.74) is -0.566. The molecule has 0 radical (unpaired) electrons. The molecule has 0 N–H and O–H groups in total. The second-order valence-corrected chi connectivity index (χ2v) is 2.96. The number of rotatable bonds is 3. The van der Waals surface area contributed by atoms with Crippen molar-refractivity contribution in [3.8, 4) is 12.3 Å². The molecule has 0 aromatic rings. The standard InChI is InChI=1S/C6H12O2Si/c1-5-6(2,3)7-8-9-4/h1H,9H2,2-4H3. The first-order chi connectivity index (χ1) is 4.12. The fourth-order valence-electron chi connectivity index (χ4n) is 0.230. The van der Waals surface area contributed by atoms with E-state index in [-0.39, 0.29) is 0 Å². The van der Waals surface area contributed by atoms with Crippen LogP contribution in [-0.2, 0) is 9.46 Å². The van der Waals surface area contributed by atoms with Gasteiger partial charge in [0.15, 0.2) is 5.60 Å². The van der Waals surface area contributed by atoms with Gasteiger partial charge >= 0.3 is 0 Å². The molecule has 0 heterocycles. The highest BCUT2D eigenvalue weighted by molar-refractivity contribution is 6.24. The fourth-order valence-corrected chi connectivity index (χ4v) is 0.643. The van der Waals surface area contributed by atoms with Crippen molar-refractivity contribution in [3.63, 3.8) is 0 Å². The lowest BCUT2D eigenvalue weighted by Gasteiger charge is -2.15. The van der Waals surface area contributed by atoms with E-state index in [0.29, 0.717) is 0 Å². The lowest BCUT2D eigenvalue weighted by atomic mass is 10.2. The van der Waals surface area contributed by atoms with Gasteiger partial charge in [-0.05, 0) is 20.4 Å². The third-order valence-electron chi connectivity index (χ3n) is 0.733. The Morgan fingerprint density at radius 1 is 1.56 bits per heavy atom. The van der Waals surface area contributed by atoms with Crippen LogP contribution in [0.1, 0.15) is 13.8 Å². The summed E-state index contributed by atoms with van der Waals surface area (Å²) in [7, 11) is -0.493. The largest absolute Gasteiger partial charge is 0.293 e. The molecule has 0 aromatic heterocycles. The van der Waals surface area contributed by atoms with Crippen LogP contribution in [0.3, 0.4) is 0 Å². The molecule has 2 nitrogen and oxygen atoms in total. The Morgan fingerprint density at radius 3 is 2.44 bits per heavy atom. The van der Waals surface area contributed by atoms with Crippen LogP contribution < -0.4 is 0 Å². The smallest absolute Gasteiger partial charge is 0.205 e. The van der Waals surface area contributed by atoms with E-state index in [1.807, 2.05) is 6.55 Å². The van der Waals surface area contributed by atoms with Crippen molar-refractivity contribution in [2.24, 2.45) is 0 Å². The Kier molecular flexibility index (Phi) is 3.55. The summed E-state index contributed by atoms with van der Waals surface area (Å²) in [6, 6.07) is 0. The van der Waals surface area contributed by atoms with E-state index < -0.39 is 15.4 Å². The predicted molar refractivity (Wildman–Crippen MR) is 39.5 cm³/mol. The van der Waals surface area contributed by atoms with Crippen molar-refractivity contribution >= 4 is 9.76 Å². The van der Waals surface area contributed by atoms with E-state index in [0.717, 1.165) is 0 Å². The van der Waals surface area contributed by atoms with Crippen LogP contribution in [0.25, 0.3) is 0 Å². The Balaban J connectivity index is 3.49. The van der Waals surface area contributed by atoms with E-state index in [1.54, 1.807) is 13.8 Å². The van der Waals surface area contributed by atoms with Crippen LogP contribution in [0.4, 0.5) is 0 Å². The zero-order valence-electron chi connectivity index (χ0n) is 6.10. The Bertz CT molecular complexity index is 115. The van der Waals surface area contributed by atoms with Crippen molar-refractivity contribution in [2.75, 3.05) is 0 Å². The van der Waals surface area contributed by atoms with Crippen LogP contribution in [0.15, 0.2) is 0 Å². The lowest BCUT2D eigenvalue weighted by Crippen LogP contribution is -2.22. The minimum atomic E-state index is -0.566. The molecular weight excluding hydrogens is 132 g/mol. The van der Waals surface area contributed by atoms with Gasteiger partial charge in [-0.3, -0.25) is 4.58 Å². The van der Waals surface area contributed by atoms with E-state index in [9.17, 15) is 0 Å². The third-order valence-corrected chi connectivity index (χ3v) is 1.09.